The number of nitrogens with two attached hydrogens (primary N) is 1. The first-order valence-corrected chi connectivity index (χ1v) is 7.26. The highest BCUT2D eigenvalue weighted by Crippen LogP contribution is 2.18. The van der Waals surface area contributed by atoms with Gasteiger partial charge in [-0.1, -0.05) is 12.8 Å². The number of rotatable bonds is 4. The van der Waals surface area contributed by atoms with E-state index in [0.29, 0.717) is 11.9 Å². The van der Waals surface area contributed by atoms with Crippen molar-refractivity contribution in [2.75, 3.05) is 41.7 Å². The molecule has 0 saturated carbocycles. The quantitative estimate of drug-likeness (QED) is 0.892. The summed E-state index contributed by atoms with van der Waals surface area (Å²) in [6.45, 7) is 7.96. The van der Waals surface area contributed by atoms with Gasteiger partial charge in [-0.15, -0.1) is 0 Å². The molecule has 1 aliphatic heterocycles. The summed E-state index contributed by atoms with van der Waals surface area (Å²) in [4.78, 5) is 17.5. The van der Waals surface area contributed by atoms with Crippen LogP contribution in [0.3, 0.4) is 0 Å². The SMILES string of the molecule is CCN(CC)c1nc(N)nc(N2CCCCCC2)n1. The van der Waals surface area contributed by atoms with E-state index in [0.717, 1.165) is 32.1 Å². The summed E-state index contributed by atoms with van der Waals surface area (Å²) in [5.41, 5.74) is 5.84. The van der Waals surface area contributed by atoms with Gasteiger partial charge in [-0.2, -0.15) is 15.0 Å². The van der Waals surface area contributed by atoms with Gasteiger partial charge >= 0.3 is 0 Å². The molecule has 1 saturated heterocycles. The average Bonchev–Trinajstić information content (AvgIpc) is 2.68. The van der Waals surface area contributed by atoms with E-state index in [-0.39, 0.29) is 0 Å². The summed E-state index contributed by atoms with van der Waals surface area (Å²) < 4.78 is 0. The molecule has 6 heteroatoms. The minimum Gasteiger partial charge on any atom is -0.368 e. The molecule has 0 aromatic carbocycles. The molecule has 0 amide bonds. The fraction of sp³-hybridized carbons (Fsp3) is 0.769. The van der Waals surface area contributed by atoms with Crippen LogP contribution in [0.2, 0.25) is 0 Å². The topological polar surface area (TPSA) is 71.2 Å². The Labute approximate surface area is 115 Å². The number of hydrogen-bond donors (Lipinski definition) is 1. The largest absolute Gasteiger partial charge is 0.368 e. The molecule has 1 aromatic rings. The van der Waals surface area contributed by atoms with E-state index in [9.17, 15) is 0 Å². The van der Waals surface area contributed by atoms with Crippen molar-refractivity contribution in [1.29, 1.82) is 0 Å². The van der Waals surface area contributed by atoms with E-state index in [1.807, 2.05) is 0 Å². The highest BCUT2D eigenvalue weighted by molar-refractivity contribution is 5.43. The van der Waals surface area contributed by atoms with Crippen molar-refractivity contribution in [1.82, 2.24) is 15.0 Å². The molecular formula is C13H24N6. The maximum absolute atomic E-state index is 5.84. The van der Waals surface area contributed by atoms with E-state index in [4.69, 9.17) is 5.73 Å². The van der Waals surface area contributed by atoms with Crippen molar-refractivity contribution in [3.63, 3.8) is 0 Å². The zero-order valence-corrected chi connectivity index (χ0v) is 12.0. The summed E-state index contributed by atoms with van der Waals surface area (Å²) in [5.74, 6) is 1.74. The molecule has 1 fully saturated rings. The number of aromatic nitrogens is 3. The molecule has 2 N–H and O–H groups in total. The fourth-order valence-electron chi connectivity index (χ4n) is 2.43. The Bertz CT molecular complexity index is 396. The van der Waals surface area contributed by atoms with Crippen LogP contribution in [0.25, 0.3) is 0 Å². The molecule has 2 heterocycles. The molecule has 19 heavy (non-hydrogen) atoms. The van der Waals surface area contributed by atoms with Gasteiger partial charge in [0.05, 0.1) is 0 Å². The van der Waals surface area contributed by atoms with Crippen LogP contribution in [-0.2, 0) is 0 Å². The van der Waals surface area contributed by atoms with Crippen LogP contribution in [0.1, 0.15) is 39.5 Å². The predicted molar refractivity (Wildman–Crippen MR) is 78.5 cm³/mol. The van der Waals surface area contributed by atoms with Gasteiger partial charge in [0.25, 0.3) is 0 Å². The number of hydrogen-bond acceptors (Lipinski definition) is 6. The molecule has 1 aliphatic rings. The van der Waals surface area contributed by atoms with E-state index >= 15 is 0 Å². The fourth-order valence-corrected chi connectivity index (χ4v) is 2.43. The Morgan fingerprint density at radius 1 is 1.00 bits per heavy atom. The van der Waals surface area contributed by atoms with Gasteiger partial charge < -0.3 is 15.5 Å². The van der Waals surface area contributed by atoms with Gasteiger partial charge in [-0.05, 0) is 26.7 Å². The molecule has 0 bridgehead atoms. The van der Waals surface area contributed by atoms with Gasteiger partial charge in [0, 0.05) is 26.2 Å². The zero-order chi connectivity index (χ0) is 13.7. The molecule has 1 aromatic heterocycles. The molecule has 6 nitrogen and oxygen atoms in total. The van der Waals surface area contributed by atoms with Crippen molar-refractivity contribution in [3.8, 4) is 0 Å². The molecule has 0 radical (unpaired) electrons. The number of nitrogen functional groups attached to an aromatic ring is 1. The summed E-state index contributed by atoms with van der Waals surface area (Å²) in [7, 11) is 0. The van der Waals surface area contributed by atoms with E-state index < -0.39 is 0 Å². The van der Waals surface area contributed by atoms with Crippen molar-refractivity contribution in [3.05, 3.63) is 0 Å². The third-order valence-electron chi connectivity index (χ3n) is 3.56. The lowest BCUT2D eigenvalue weighted by Crippen LogP contribution is -2.29. The van der Waals surface area contributed by atoms with E-state index in [1.165, 1.54) is 25.7 Å². The lowest BCUT2D eigenvalue weighted by Gasteiger charge is -2.23. The lowest BCUT2D eigenvalue weighted by molar-refractivity contribution is 0.726. The maximum Gasteiger partial charge on any atom is 0.231 e. The van der Waals surface area contributed by atoms with Crippen LogP contribution in [0.15, 0.2) is 0 Å². The second kappa shape index (κ2) is 6.54. The first-order valence-electron chi connectivity index (χ1n) is 7.26. The van der Waals surface area contributed by atoms with Crippen LogP contribution in [0.4, 0.5) is 17.8 Å². The van der Waals surface area contributed by atoms with Crippen LogP contribution in [0.5, 0.6) is 0 Å². The van der Waals surface area contributed by atoms with Crippen molar-refractivity contribution in [2.45, 2.75) is 39.5 Å². The highest BCUT2D eigenvalue weighted by atomic mass is 15.3. The Kier molecular flexibility index (Phi) is 4.76. The van der Waals surface area contributed by atoms with Crippen LogP contribution in [-0.4, -0.2) is 41.1 Å². The second-order valence-electron chi connectivity index (χ2n) is 4.87. The molecular weight excluding hydrogens is 240 g/mol. The van der Waals surface area contributed by atoms with Gasteiger partial charge in [0.15, 0.2) is 0 Å². The molecule has 0 aliphatic carbocycles. The summed E-state index contributed by atoms with van der Waals surface area (Å²) >= 11 is 0. The second-order valence-corrected chi connectivity index (χ2v) is 4.87. The average molecular weight is 264 g/mol. The van der Waals surface area contributed by atoms with E-state index in [1.54, 1.807) is 0 Å². The van der Waals surface area contributed by atoms with Crippen LogP contribution >= 0.6 is 0 Å². The third-order valence-corrected chi connectivity index (χ3v) is 3.56. The van der Waals surface area contributed by atoms with Gasteiger partial charge in [-0.25, -0.2) is 0 Å². The molecule has 0 unspecified atom stereocenters. The normalized spacial score (nSPS) is 16.2. The first kappa shape index (κ1) is 13.8. The summed E-state index contributed by atoms with van der Waals surface area (Å²) in [6, 6.07) is 0. The lowest BCUT2D eigenvalue weighted by atomic mass is 10.2. The van der Waals surface area contributed by atoms with E-state index in [2.05, 4.69) is 38.6 Å². The van der Waals surface area contributed by atoms with Crippen LogP contribution in [0, 0.1) is 0 Å². The number of anilines is 3. The standard InChI is InChI=1S/C13H24N6/c1-3-18(4-2)12-15-11(14)16-13(17-12)19-9-7-5-6-8-10-19/h3-10H2,1-2H3,(H2,14,15,16,17). The Hall–Kier alpha value is -1.59. The Morgan fingerprint density at radius 3 is 2.21 bits per heavy atom. The minimum atomic E-state index is 0.316. The predicted octanol–water partition coefficient (Wildman–Crippen LogP) is 1.68. The van der Waals surface area contributed by atoms with Gasteiger partial charge in [0.2, 0.25) is 17.8 Å². The Morgan fingerprint density at radius 2 is 1.63 bits per heavy atom. The highest BCUT2D eigenvalue weighted by Gasteiger charge is 2.16. The van der Waals surface area contributed by atoms with Crippen molar-refractivity contribution in [2.24, 2.45) is 0 Å². The summed E-state index contributed by atoms with van der Waals surface area (Å²) in [6.07, 6.45) is 4.98. The Balaban J connectivity index is 2.24. The minimum absolute atomic E-state index is 0.316. The maximum atomic E-state index is 5.84. The van der Waals surface area contributed by atoms with Crippen LogP contribution < -0.4 is 15.5 Å². The summed E-state index contributed by atoms with van der Waals surface area (Å²) in [5, 5.41) is 0. The van der Waals surface area contributed by atoms with Gasteiger partial charge in [0.1, 0.15) is 0 Å². The third kappa shape index (κ3) is 3.45. The smallest absolute Gasteiger partial charge is 0.231 e. The number of nitrogens with zero attached hydrogens (tertiary/aromatic N) is 5. The zero-order valence-electron chi connectivity index (χ0n) is 12.0. The van der Waals surface area contributed by atoms with Gasteiger partial charge in [-0.3, -0.25) is 0 Å². The monoisotopic (exact) mass is 264 g/mol. The molecule has 0 spiro atoms. The van der Waals surface area contributed by atoms with Crippen molar-refractivity contribution >= 4 is 17.8 Å². The van der Waals surface area contributed by atoms with Crippen molar-refractivity contribution < 1.29 is 0 Å². The molecule has 2 rings (SSSR count). The first-order chi connectivity index (χ1) is 9.24. The molecule has 0 atom stereocenters. The molecule has 106 valence electrons.